The van der Waals surface area contributed by atoms with Gasteiger partial charge in [0.25, 0.3) is 0 Å². The Balaban J connectivity index is 1.61. The lowest BCUT2D eigenvalue weighted by molar-refractivity contribution is 0.304. The first kappa shape index (κ1) is 15.1. The normalized spacial score (nSPS) is 14.4. The van der Waals surface area contributed by atoms with Crippen LogP contribution in [0.2, 0.25) is 0 Å². The maximum absolute atomic E-state index is 5.95. The van der Waals surface area contributed by atoms with Crippen LogP contribution in [0, 0.1) is 13.8 Å². The molecule has 3 rings (SSSR count). The molecule has 1 N–H and O–H groups in total. The maximum atomic E-state index is 5.95. The van der Waals surface area contributed by atoms with Gasteiger partial charge in [0.1, 0.15) is 12.4 Å². The van der Waals surface area contributed by atoms with Crippen molar-refractivity contribution in [3.05, 3.63) is 49.6 Å². The molecule has 21 heavy (non-hydrogen) atoms. The first-order chi connectivity index (χ1) is 10.1. The predicted octanol–water partition coefficient (Wildman–Crippen LogP) is 4.96. The summed E-state index contributed by atoms with van der Waals surface area (Å²) < 4.78 is 6.97. The molecule has 2 aromatic rings. The number of rotatable bonds is 6. The van der Waals surface area contributed by atoms with Gasteiger partial charge in [-0.1, -0.05) is 6.07 Å². The lowest BCUT2D eigenvalue weighted by Crippen LogP contribution is -2.14. The Bertz CT molecular complexity index is 634. The van der Waals surface area contributed by atoms with E-state index in [4.69, 9.17) is 4.74 Å². The molecule has 1 aliphatic carbocycles. The predicted molar refractivity (Wildman–Crippen MR) is 92.1 cm³/mol. The van der Waals surface area contributed by atoms with Gasteiger partial charge < -0.3 is 10.1 Å². The molecule has 0 saturated heterocycles. The Morgan fingerprint density at radius 3 is 2.81 bits per heavy atom. The van der Waals surface area contributed by atoms with Crippen LogP contribution in [0.4, 0.5) is 0 Å². The average molecular weight is 366 g/mol. The summed E-state index contributed by atoms with van der Waals surface area (Å²) in [6, 6.07) is 9.22. The summed E-state index contributed by atoms with van der Waals surface area (Å²) in [5.41, 5.74) is 2.52. The number of aryl methyl sites for hydroxylation is 2. The highest BCUT2D eigenvalue weighted by molar-refractivity contribution is 9.10. The Kier molecular flexibility index (Phi) is 4.67. The van der Waals surface area contributed by atoms with Crippen molar-refractivity contribution in [2.75, 3.05) is 0 Å². The van der Waals surface area contributed by atoms with E-state index in [1.54, 1.807) is 0 Å². The summed E-state index contributed by atoms with van der Waals surface area (Å²) in [5, 5.41) is 3.56. The Morgan fingerprint density at radius 2 is 2.10 bits per heavy atom. The highest BCUT2D eigenvalue weighted by Gasteiger charge is 2.20. The highest BCUT2D eigenvalue weighted by atomic mass is 79.9. The fourth-order valence-electron chi connectivity index (χ4n) is 2.23. The Hall–Kier alpha value is -0.840. The van der Waals surface area contributed by atoms with Crippen molar-refractivity contribution < 1.29 is 4.74 Å². The monoisotopic (exact) mass is 365 g/mol. The van der Waals surface area contributed by atoms with Gasteiger partial charge in [0.2, 0.25) is 0 Å². The van der Waals surface area contributed by atoms with Crippen LogP contribution in [-0.2, 0) is 13.2 Å². The smallest absolute Gasteiger partial charge is 0.134 e. The van der Waals surface area contributed by atoms with Crippen molar-refractivity contribution in [2.24, 2.45) is 0 Å². The van der Waals surface area contributed by atoms with Crippen LogP contribution >= 0.6 is 27.3 Å². The Labute approximate surface area is 138 Å². The number of ether oxygens (including phenoxy) is 1. The number of benzene rings is 1. The second-order valence-corrected chi connectivity index (χ2v) is 7.87. The van der Waals surface area contributed by atoms with Gasteiger partial charge in [-0.05, 0) is 66.4 Å². The summed E-state index contributed by atoms with van der Waals surface area (Å²) in [7, 11) is 0. The molecular weight excluding hydrogens is 346 g/mol. The molecular formula is C17H20BrNOS. The third-order valence-corrected chi connectivity index (χ3v) is 5.40. The van der Waals surface area contributed by atoms with Crippen molar-refractivity contribution in [3.63, 3.8) is 0 Å². The molecule has 0 radical (unpaired) electrons. The number of thiophene rings is 1. The molecule has 0 atom stereocenters. The molecule has 0 unspecified atom stereocenters. The van der Waals surface area contributed by atoms with Crippen molar-refractivity contribution in [1.29, 1.82) is 0 Å². The van der Waals surface area contributed by atoms with Crippen molar-refractivity contribution >= 4 is 27.3 Å². The molecule has 1 heterocycles. The number of hydrogen-bond acceptors (Lipinski definition) is 3. The van der Waals surface area contributed by atoms with Gasteiger partial charge >= 0.3 is 0 Å². The van der Waals surface area contributed by atoms with Gasteiger partial charge in [0, 0.05) is 27.9 Å². The van der Waals surface area contributed by atoms with Crippen molar-refractivity contribution in [1.82, 2.24) is 5.32 Å². The maximum Gasteiger partial charge on any atom is 0.134 e. The molecule has 0 spiro atoms. The van der Waals surface area contributed by atoms with Crippen LogP contribution in [-0.4, -0.2) is 6.04 Å². The van der Waals surface area contributed by atoms with Gasteiger partial charge in [-0.2, -0.15) is 0 Å². The quantitative estimate of drug-likeness (QED) is 0.780. The second kappa shape index (κ2) is 6.51. The van der Waals surface area contributed by atoms with E-state index in [-0.39, 0.29) is 0 Å². The minimum Gasteiger partial charge on any atom is -0.488 e. The van der Waals surface area contributed by atoms with E-state index in [1.165, 1.54) is 33.7 Å². The fraction of sp³-hybridized carbons (Fsp3) is 0.412. The molecule has 112 valence electrons. The van der Waals surface area contributed by atoms with Gasteiger partial charge in [0.15, 0.2) is 0 Å². The first-order valence-electron chi connectivity index (χ1n) is 7.32. The van der Waals surface area contributed by atoms with E-state index < -0.39 is 0 Å². The summed E-state index contributed by atoms with van der Waals surface area (Å²) in [5.74, 6) is 0.906. The standard InChI is InChI=1S/C17H20BrNOS/c1-11-3-6-17(16(18)7-11)20-10-13-8-15(21-12(13)2)9-19-14-4-5-14/h3,6-8,14,19H,4-5,9-10H2,1-2H3. The third kappa shape index (κ3) is 4.09. The molecule has 1 aromatic heterocycles. The zero-order valence-electron chi connectivity index (χ0n) is 12.4. The third-order valence-electron chi connectivity index (χ3n) is 3.68. The fourth-order valence-corrected chi connectivity index (χ4v) is 3.84. The molecule has 1 aromatic carbocycles. The van der Waals surface area contributed by atoms with Crippen LogP contribution in [0.5, 0.6) is 5.75 Å². The van der Waals surface area contributed by atoms with E-state index in [0.29, 0.717) is 6.61 Å². The van der Waals surface area contributed by atoms with E-state index in [1.807, 2.05) is 17.4 Å². The summed E-state index contributed by atoms with van der Waals surface area (Å²) in [6.45, 7) is 5.88. The largest absolute Gasteiger partial charge is 0.488 e. The van der Waals surface area contributed by atoms with Crippen LogP contribution in [0.1, 0.15) is 33.7 Å². The summed E-state index contributed by atoms with van der Waals surface area (Å²) >= 11 is 5.43. The number of halogens is 1. The lowest BCUT2D eigenvalue weighted by atomic mass is 10.2. The lowest BCUT2D eigenvalue weighted by Gasteiger charge is -2.08. The summed E-state index contributed by atoms with van der Waals surface area (Å²) in [6.07, 6.45) is 2.67. The first-order valence-corrected chi connectivity index (χ1v) is 8.93. The van der Waals surface area contributed by atoms with E-state index in [2.05, 4.69) is 53.3 Å². The molecule has 1 aliphatic rings. The van der Waals surface area contributed by atoms with Crippen LogP contribution < -0.4 is 10.1 Å². The van der Waals surface area contributed by atoms with Crippen LogP contribution in [0.15, 0.2) is 28.7 Å². The SMILES string of the molecule is Cc1ccc(OCc2cc(CNC3CC3)sc2C)c(Br)c1. The molecule has 1 fully saturated rings. The van der Waals surface area contributed by atoms with Gasteiger partial charge in [-0.3, -0.25) is 0 Å². The average Bonchev–Trinajstić information content (AvgIpc) is 3.20. The summed E-state index contributed by atoms with van der Waals surface area (Å²) in [4.78, 5) is 2.76. The van der Waals surface area contributed by atoms with Crippen molar-refractivity contribution in [3.8, 4) is 5.75 Å². The zero-order chi connectivity index (χ0) is 14.8. The molecule has 4 heteroatoms. The topological polar surface area (TPSA) is 21.3 Å². The minimum absolute atomic E-state index is 0.632. The number of nitrogens with one attached hydrogen (secondary N) is 1. The minimum atomic E-state index is 0.632. The van der Waals surface area contributed by atoms with E-state index in [0.717, 1.165) is 22.8 Å². The number of hydrogen-bond donors (Lipinski definition) is 1. The van der Waals surface area contributed by atoms with Gasteiger partial charge in [-0.15, -0.1) is 11.3 Å². The molecule has 0 aliphatic heterocycles. The molecule has 0 amide bonds. The van der Waals surface area contributed by atoms with Gasteiger partial charge in [0.05, 0.1) is 4.47 Å². The second-order valence-electron chi connectivity index (χ2n) is 5.67. The Morgan fingerprint density at radius 1 is 1.29 bits per heavy atom. The van der Waals surface area contributed by atoms with E-state index in [9.17, 15) is 0 Å². The molecule has 2 nitrogen and oxygen atoms in total. The molecule has 0 bridgehead atoms. The zero-order valence-corrected chi connectivity index (χ0v) is 14.8. The van der Waals surface area contributed by atoms with Crippen LogP contribution in [0.3, 0.4) is 0 Å². The van der Waals surface area contributed by atoms with Crippen molar-refractivity contribution in [2.45, 2.75) is 45.9 Å². The van der Waals surface area contributed by atoms with E-state index >= 15 is 0 Å². The van der Waals surface area contributed by atoms with Gasteiger partial charge in [-0.25, -0.2) is 0 Å². The highest BCUT2D eigenvalue weighted by Crippen LogP contribution is 2.29. The molecule has 1 saturated carbocycles. The van der Waals surface area contributed by atoms with Crippen LogP contribution in [0.25, 0.3) is 0 Å².